The Morgan fingerprint density at radius 1 is 1.40 bits per heavy atom. The van der Waals surface area contributed by atoms with Gasteiger partial charge >= 0.3 is 0 Å². The zero-order valence-corrected chi connectivity index (χ0v) is 12.1. The number of hydrogen-bond donors (Lipinski definition) is 2. The highest BCUT2D eigenvalue weighted by atomic mass is 32.1. The van der Waals surface area contributed by atoms with Crippen LogP contribution in [0.25, 0.3) is 0 Å². The van der Waals surface area contributed by atoms with Crippen LogP contribution in [0.1, 0.15) is 32.9 Å². The van der Waals surface area contributed by atoms with Crippen molar-refractivity contribution in [2.45, 2.75) is 20.4 Å². The number of nitrogens with one attached hydrogen (secondary N) is 1. The van der Waals surface area contributed by atoms with Gasteiger partial charge in [-0.25, -0.2) is 0 Å². The molecule has 0 spiro atoms. The largest absolute Gasteiger partial charge is 0.389 e. The zero-order valence-electron chi connectivity index (χ0n) is 11.3. The van der Waals surface area contributed by atoms with Crippen LogP contribution in [0, 0.1) is 13.8 Å². The van der Waals surface area contributed by atoms with Crippen LogP contribution in [-0.2, 0) is 6.54 Å². The van der Waals surface area contributed by atoms with Crippen molar-refractivity contribution in [1.29, 1.82) is 0 Å². The fourth-order valence-corrected chi connectivity index (χ4v) is 1.97. The predicted octanol–water partition coefficient (Wildman–Crippen LogP) is 1.86. The lowest BCUT2D eigenvalue weighted by molar-refractivity contribution is 0.0951. The van der Waals surface area contributed by atoms with Gasteiger partial charge in [0.25, 0.3) is 5.91 Å². The second kappa shape index (κ2) is 5.83. The Balaban J connectivity index is 2.09. The van der Waals surface area contributed by atoms with Crippen LogP contribution in [0.15, 0.2) is 28.8 Å². The summed E-state index contributed by atoms with van der Waals surface area (Å²) in [6.45, 7) is 4.03. The monoisotopic (exact) mass is 289 g/mol. The van der Waals surface area contributed by atoms with Crippen LogP contribution >= 0.6 is 12.2 Å². The van der Waals surface area contributed by atoms with Gasteiger partial charge in [0.05, 0.1) is 5.69 Å². The summed E-state index contributed by atoms with van der Waals surface area (Å²) in [4.78, 5) is 12.4. The molecule has 104 valence electrons. The first kappa shape index (κ1) is 14.2. The molecule has 0 saturated heterocycles. The summed E-state index contributed by atoms with van der Waals surface area (Å²) in [5.74, 6) is 0.516. The van der Waals surface area contributed by atoms with Gasteiger partial charge in [0, 0.05) is 23.2 Å². The molecule has 0 atom stereocenters. The molecule has 0 aliphatic carbocycles. The molecule has 2 rings (SSSR count). The minimum absolute atomic E-state index is 0.192. The number of thiocarbonyl (C=S) groups is 1. The number of aryl methyl sites for hydroxylation is 2. The first-order valence-electron chi connectivity index (χ1n) is 6.09. The molecule has 20 heavy (non-hydrogen) atoms. The fraction of sp³-hybridized carbons (Fsp3) is 0.214. The van der Waals surface area contributed by atoms with Crippen molar-refractivity contribution in [1.82, 2.24) is 10.5 Å². The van der Waals surface area contributed by atoms with E-state index < -0.39 is 0 Å². The summed E-state index contributed by atoms with van der Waals surface area (Å²) in [5, 5.41) is 6.67. The van der Waals surface area contributed by atoms with E-state index in [4.69, 9.17) is 22.5 Å². The van der Waals surface area contributed by atoms with E-state index in [1.54, 1.807) is 24.3 Å². The molecule has 0 fully saturated rings. The summed E-state index contributed by atoms with van der Waals surface area (Å²) in [6, 6.07) is 6.90. The molecule has 1 aromatic carbocycles. The SMILES string of the molecule is Cc1noc(C)c1CNC(=O)c1cccc(C(N)=S)c1. The Morgan fingerprint density at radius 3 is 2.70 bits per heavy atom. The lowest BCUT2D eigenvalue weighted by Crippen LogP contribution is -2.23. The number of nitrogens with zero attached hydrogens (tertiary/aromatic N) is 1. The lowest BCUT2D eigenvalue weighted by atomic mass is 10.1. The van der Waals surface area contributed by atoms with Gasteiger partial charge in [-0.1, -0.05) is 29.5 Å². The van der Waals surface area contributed by atoms with Gasteiger partial charge in [0.1, 0.15) is 10.7 Å². The van der Waals surface area contributed by atoms with E-state index >= 15 is 0 Å². The van der Waals surface area contributed by atoms with E-state index in [9.17, 15) is 4.79 Å². The number of amides is 1. The topological polar surface area (TPSA) is 81.2 Å². The Bertz CT molecular complexity index is 645. The van der Waals surface area contributed by atoms with E-state index in [1.807, 2.05) is 13.8 Å². The summed E-state index contributed by atoms with van der Waals surface area (Å²) in [6.07, 6.45) is 0. The maximum absolute atomic E-state index is 12.1. The molecule has 5 nitrogen and oxygen atoms in total. The van der Waals surface area contributed by atoms with Crippen molar-refractivity contribution >= 4 is 23.1 Å². The van der Waals surface area contributed by atoms with Crippen molar-refractivity contribution in [3.63, 3.8) is 0 Å². The summed E-state index contributed by atoms with van der Waals surface area (Å²) >= 11 is 4.90. The number of carbonyl (C=O) groups excluding carboxylic acids is 1. The molecule has 1 aromatic heterocycles. The molecule has 0 aliphatic heterocycles. The van der Waals surface area contributed by atoms with Crippen LogP contribution in [0.4, 0.5) is 0 Å². The first-order valence-corrected chi connectivity index (χ1v) is 6.49. The lowest BCUT2D eigenvalue weighted by Gasteiger charge is -2.06. The van der Waals surface area contributed by atoms with Gasteiger partial charge in [-0.3, -0.25) is 4.79 Å². The Hall–Kier alpha value is -2.21. The number of carbonyl (C=O) groups is 1. The molecule has 3 N–H and O–H groups in total. The summed E-state index contributed by atoms with van der Waals surface area (Å²) in [7, 11) is 0. The Morgan fingerprint density at radius 2 is 2.10 bits per heavy atom. The van der Waals surface area contributed by atoms with E-state index in [0.29, 0.717) is 23.4 Å². The molecule has 0 unspecified atom stereocenters. The Labute approximate surface area is 122 Å². The maximum Gasteiger partial charge on any atom is 0.251 e. The van der Waals surface area contributed by atoms with Gasteiger partial charge < -0.3 is 15.6 Å². The fourth-order valence-electron chi connectivity index (χ4n) is 1.84. The van der Waals surface area contributed by atoms with E-state index in [-0.39, 0.29) is 10.9 Å². The second-order valence-corrected chi connectivity index (χ2v) is 4.87. The molecule has 0 radical (unpaired) electrons. The van der Waals surface area contributed by atoms with Crippen molar-refractivity contribution in [3.8, 4) is 0 Å². The molecular weight excluding hydrogens is 274 g/mol. The number of aromatic nitrogens is 1. The molecule has 6 heteroatoms. The van der Waals surface area contributed by atoms with E-state index in [2.05, 4.69) is 10.5 Å². The molecule has 2 aromatic rings. The third-order valence-electron chi connectivity index (χ3n) is 3.02. The first-order chi connectivity index (χ1) is 9.49. The molecule has 1 amide bonds. The van der Waals surface area contributed by atoms with Crippen molar-refractivity contribution in [3.05, 3.63) is 52.4 Å². The quantitative estimate of drug-likeness (QED) is 0.840. The Kier molecular flexibility index (Phi) is 4.14. The van der Waals surface area contributed by atoms with Gasteiger partial charge in [0.2, 0.25) is 0 Å². The summed E-state index contributed by atoms with van der Waals surface area (Å²) in [5.41, 5.74) is 8.41. The van der Waals surface area contributed by atoms with Crippen LogP contribution in [-0.4, -0.2) is 16.1 Å². The van der Waals surface area contributed by atoms with Crippen molar-refractivity contribution in [2.75, 3.05) is 0 Å². The third kappa shape index (κ3) is 3.03. The number of hydrogen-bond acceptors (Lipinski definition) is 4. The highest BCUT2D eigenvalue weighted by Gasteiger charge is 2.12. The molecule has 0 bridgehead atoms. The average molecular weight is 289 g/mol. The molecule has 0 saturated carbocycles. The minimum atomic E-state index is -0.192. The van der Waals surface area contributed by atoms with Crippen LogP contribution in [0.5, 0.6) is 0 Å². The smallest absolute Gasteiger partial charge is 0.251 e. The zero-order chi connectivity index (χ0) is 14.7. The van der Waals surface area contributed by atoms with Gasteiger partial charge in [-0.05, 0) is 26.0 Å². The third-order valence-corrected chi connectivity index (χ3v) is 3.25. The van der Waals surface area contributed by atoms with Crippen LogP contribution in [0.3, 0.4) is 0 Å². The molecular formula is C14H15N3O2S. The highest BCUT2D eigenvalue weighted by Crippen LogP contribution is 2.12. The highest BCUT2D eigenvalue weighted by molar-refractivity contribution is 7.80. The van der Waals surface area contributed by atoms with Crippen LogP contribution < -0.4 is 11.1 Å². The van der Waals surface area contributed by atoms with Gasteiger partial charge in [0.15, 0.2) is 0 Å². The summed E-state index contributed by atoms with van der Waals surface area (Å²) < 4.78 is 5.05. The molecule has 1 heterocycles. The number of benzene rings is 1. The normalized spacial score (nSPS) is 10.3. The number of nitrogens with two attached hydrogens (primary N) is 1. The van der Waals surface area contributed by atoms with Crippen molar-refractivity contribution in [2.24, 2.45) is 5.73 Å². The minimum Gasteiger partial charge on any atom is -0.389 e. The second-order valence-electron chi connectivity index (χ2n) is 4.43. The standard InChI is InChI=1S/C14H15N3O2S/c1-8-12(9(2)19-17-8)7-16-14(18)11-5-3-4-10(6-11)13(15)20/h3-6H,7H2,1-2H3,(H2,15,20)(H,16,18). The average Bonchev–Trinajstić information content (AvgIpc) is 2.75. The van der Waals surface area contributed by atoms with E-state index in [1.165, 1.54) is 0 Å². The predicted molar refractivity (Wildman–Crippen MR) is 79.5 cm³/mol. The van der Waals surface area contributed by atoms with Crippen LogP contribution in [0.2, 0.25) is 0 Å². The maximum atomic E-state index is 12.1. The molecule has 0 aliphatic rings. The van der Waals surface area contributed by atoms with Gasteiger partial charge in [-0.2, -0.15) is 0 Å². The number of rotatable bonds is 4. The van der Waals surface area contributed by atoms with E-state index in [0.717, 1.165) is 11.3 Å². The van der Waals surface area contributed by atoms with Gasteiger partial charge in [-0.15, -0.1) is 0 Å². The van der Waals surface area contributed by atoms with Crippen molar-refractivity contribution < 1.29 is 9.32 Å².